The van der Waals surface area contributed by atoms with Gasteiger partial charge in [-0.15, -0.1) is 0 Å². The summed E-state index contributed by atoms with van der Waals surface area (Å²) in [5.74, 6) is -1.58. The van der Waals surface area contributed by atoms with Crippen LogP contribution in [0.3, 0.4) is 0 Å². The van der Waals surface area contributed by atoms with Gasteiger partial charge in [0.2, 0.25) is 5.71 Å². The fourth-order valence-corrected chi connectivity index (χ4v) is 1.21. The van der Waals surface area contributed by atoms with E-state index in [1.807, 2.05) is 0 Å². The smallest absolute Gasteiger partial charge is 0.343 e. The lowest BCUT2D eigenvalue weighted by atomic mass is 10.1. The topological polar surface area (TPSA) is 145 Å². The predicted molar refractivity (Wildman–Crippen MR) is 68.0 cm³/mol. The molecule has 0 amide bonds. The number of phenols is 1. The highest BCUT2D eigenvalue weighted by atomic mass is 16.5. The average molecular weight is 261 g/mol. The molecule has 0 aromatic heterocycles. The van der Waals surface area contributed by atoms with Gasteiger partial charge in [0.1, 0.15) is 17.4 Å². The summed E-state index contributed by atoms with van der Waals surface area (Å²) in [6, 6.07) is 5.83. The minimum Gasteiger partial charge on any atom is -0.507 e. The molecule has 5 N–H and O–H groups in total. The summed E-state index contributed by atoms with van der Waals surface area (Å²) >= 11 is 0. The van der Waals surface area contributed by atoms with Gasteiger partial charge in [-0.2, -0.15) is 10.4 Å². The molecule has 0 radical (unpaired) electrons. The molecule has 0 aliphatic rings. The Hall–Kier alpha value is -3.08. The number of hydrogen-bond donors (Lipinski definition) is 4. The minimum atomic E-state index is -0.767. The summed E-state index contributed by atoms with van der Waals surface area (Å²) in [5, 5.41) is 28.9. The third-order valence-electron chi connectivity index (χ3n) is 2.08. The van der Waals surface area contributed by atoms with Crippen molar-refractivity contribution in [2.24, 2.45) is 10.8 Å². The van der Waals surface area contributed by atoms with Crippen LogP contribution in [-0.4, -0.2) is 29.7 Å². The molecule has 0 saturated carbocycles. The average Bonchev–Trinajstić information content (AvgIpc) is 2.38. The molecule has 8 nitrogen and oxygen atoms in total. The Balaban J connectivity index is 3.16. The van der Waals surface area contributed by atoms with Crippen molar-refractivity contribution in [3.8, 4) is 11.8 Å². The number of ether oxygens (including phenoxy) is 1. The Kier molecular flexibility index (Phi) is 4.43. The molecule has 0 bridgehead atoms. The molecule has 0 aliphatic heterocycles. The first kappa shape index (κ1) is 14.0. The SMILES string of the molecule is COC(=O)c1c(O)cccc1N/N=C(\C#N)C(=N)N. The first-order chi connectivity index (χ1) is 9.01. The van der Waals surface area contributed by atoms with Crippen molar-refractivity contribution >= 4 is 23.2 Å². The van der Waals surface area contributed by atoms with Crippen molar-refractivity contribution in [3.63, 3.8) is 0 Å². The molecular formula is C11H11N5O3. The molecule has 0 heterocycles. The van der Waals surface area contributed by atoms with Crippen LogP contribution in [0.2, 0.25) is 0 Å². The summed E-state index contributed by atoms with van der Waals surface area (Å²) in [7, 11) is 1.16. The molecule has 0 aliphatic carbocycles. The van der Waals surface area contributed by atoms with Crippen LogP contribution >= 0.6 is 0 Å². The number of esters is 1. The number of hydrazone groups is 1. The van der Waals surface area contributed by atoms with Crippen molar-refractivity contribution < 1.29 is 14.6 Å². The van der Waals surface area contributed by atoms with E-state index in [-0.39, 0.29) is 22.7 Å². The van der Waals surface area contributed by atoms with Crippen molar-refractivity contribution in [1.82, 2.24) is 0 Å². The van der Waals surface area contributed by atoms with Crippen molar-refractivity contribution in [1.29, 1.82) is 10.7 Å². The lowest BCUT2D eigenvalue weighted by Gasteiger charge is -2.08. The Morgan fingerprint density at radius 3 is 2.84 bits per heavy atom. The third kappa shape index (κ3) is 3.19. The molecular weight excluding hydrogens is 250 g/mol. The van der Waals surface area contributed by atoms with E-state index in [0.717, 1.165) is 7.11 Å². The first-order valence-corrected chi connectivity index (χ1v) is 4.99. The molecule has 0 spiro atoms. The highest BCUT2D eigenvalue weighted by molar-refractivity contribution is 6.45. The second-order valence-electron chi connectivity index (χ2n) is 3.29. The van der Waals surface area contributed by atoms with Crippen LogP contribution in [0.4, 0.5) is 5.69 Å². The van der Waals surface area contributed by atoms with Crippen molar-refractivity contribution in [2.45, 2.75) is 0 Å². The molecule has 0 saturated heterocycles. The maximum Gasteiger partial charge on any atom is 0.343 e. The number of anilines is 1. The summed E-state index contributed by atoms with van der Waals surface area (Å²) in [6.45, 7) is 0. The van der Waals surface area contributed by atoms with E-state index in [9.17, 15) is 9.90 Å². The number of phenolic OH excluding ortho intramolecular Hbond substituents is 1. The minimum absolute atomic E-state index is 0.126. The molecule has 0 fully saturated rings. The first-order valence-electron chi connectivity index (χ1n) is 4.99. The molecule has 19 heavy (non-hydrogen) atoms. The number of carbonyl (C=O) groups is 1. The van der Waals surface area contributed by atoms with E-state index in [4.69, 9.17) is 16.4 Å². The number of nitrogens with one attached hydrogen (secondary N) is 2. The summed E-state index contributed by atoms with van der Waals surface area (Å²) in [6.07, 6.45) is 0. The van der Waals surface area contributed by atoms with Crippen LogP contribution in [0.5, 0.6) is 5.75 Å². The van der Waals surface area contributed by atoms with Gasteiger partial charge in [-0.1, -0.05) is 6.07 Å². The molecule has 8 heteroatoms. The molecule has 1 aromatic carbocycles. The lowest BCUT2D eigenvalue weighted by molar-refractivity contribution is 0.0598. The summed E-state index contributed by atoms with van der Waals surface area (Å²) in [4.78, 5) is 11.5. The maximum absolute atomic E-state index is 11.5. The normalized spacial score (nSPS) is 10.4. The number of amidine groups is 1. The standard InChI is InChI=1S/C11H11N5O3/c1-19-11(18)9-6(3-2-4-8(9)17)15-16-7(5-12)10(13)14/h2-4,15,17H,1H3,(H3,13,14)/b16-7+. The Morgan fingerprint density at radius 2 is 2.32 bits per heavy atom. The number of rotatable bonds is 4. The zero-order valence-electron chi connectivity index (χ0n) is 9.97. The monoisotopic (exact) mass is 261 g/mol. The lowest BCUT2D eigenvalue weighted by Crippen LogP contribution is -2.22. The Labute approximate surface area is 108 Å². The summed E-state index contributed by atoms with van der Waals surface area (Å²) in [5.41, 5.74) is 7.15. The molecule has 98 valence electrons. The van der Waals surface area contributed by atoms with Gasteiger partial charge in [0, 0.05) is 0 Å². The molecule has 0 unspecified atom stereocenters. The van der Waals surface area contributed by atoms with Crippen LogP contribution in [0, 0.1) is 16.7 Å². The van der Waals surface area contributed by atoms with E-state index in [2.05, 4.69) is 15.3 Å². The number of hydrogen-bond acceptors (Lipinski definition) is 7. The summed E-state index contributed by atoms with van der Waals surface area (Å²) < 4.78 is 4.52. The molecule has 1 rings (SSSR count). The van der Waals surface area contributed by atoms with E-state index in [1.54, 1.807) is 6.07 Å². The fraction of sp³-hybridized carbons (Fsp3) is 0.0909. The van der Waals surface area contributed by atoms with Gasteiger partial charge in [-0.3, -0.25) is 10.8 Å². The number of nitrogens with two attached hydrogens (primary N) is 1. The zero-order chi connectivity index (χ0) is 14.4. The van der Waals surface area contributed by atoms with Gasteiger partial charge in [-0.05, 0) is 12.1 Å². The van der Waals surface area contributed by atoms with Gasteiger partial charge < -0.3 is 15.6 Å². The number of methoxy groups -OCH3 is 1. The van der Waals surface area contributed by atoms with Gasteiger partial charge in [-0.25, -0.2) is 4.79 Å². The van der Waals surface area contributed by atoms with Crippen LogP contribution in [0.25, 0.3) is 0 Å². The quantitative estimate of drug-likeness (QED) is 0.267. The van der Waals surface area contributed by atoms with E-state index in [0.29, 0.717) is 0 Å². The Morgan fingerprint density at radius 1 is 1.63 bits per heavy atom. The van der Waals surface area contributed by atoms with E-state index < -0.39 is 11.8 Å². The third-order valence-corrected chi connectivity index (χ3v) is 2.08. The zero-order valence-corrected chi connectivity index (χ0v) is 9.97. The number of benzene rings is 1. The number of aromatic hydroxyl groups is 1. The van der Waals surface area contributed by atoms with E-state index >= 15 is 0 Å². The van der Waals surface area contributed by atoms with Crippen molar-refractivity contribution in [2.75, 3.05) is 12.5 Å². The molecule has 1 aromatic rings. The van der Waals surface area contributed by atoms with E-state index in [1.165, 1.54) is 18.2 Å². The number of carbonyl (C=O) groups excluding carboxylic acids is 1. The van der Waals surface area contributed by atoms with Crippen LogP contribution in [0.15, 0.2) is 23.3 Å². The van der Waals surface area contributed by atoms with Crippen LogP contribution < -0.4 is 11.2 Å². The van der Waals surface area contributed by atoms with Crippen LogP contribution in [-0.2, 0) is 4.74 Å². The predicted octanol–water partition coefficient (Wildman–Crippen LogP) is 0.406. The van der Waals surface area contributed by atoms with Gasteiger partial charge in [0.25, 0.3) is 0 Å². The van der Waals surface area contributed by atoms with Crippen molar-refractivity contribution in [3.05, 3.63) is 23.8 Å². The highest BCUT2D eigenvalue weighted by Crippen LogP contribution is 2.26. The van der Waals surface area contributed by atoms with Gasteiger partial charge >= 0.3 is 5.97 Å². The highest BCUT2D eigenvalue weighted by Gasteiger charge is 2.16. The largest absolute Gasteiger partial charge is 0.507 e. The van der Waals surface area contributed by atoms with Crippen LogP contribution in [0.1, 0.15) is 10.4 Å². The maximum atomic E-state index is 11.5. The second kappa shape index (κ2) is 6.02. The fourth-order valence-electron chi connectivity index (χ4n) is 1.21. The van der Waals surface area contributed by atoms with Gasteiger partial charge in [0.15, 0.2) is 5.84 Å². The number of nitriles is 1. The van der Waals surface area contributed by atoms with Gasteiger partial charge in [0.05, 0.1) is 12.8 Å². The molecule has 0 atom stereocenters. The number of nitrogens with zero attached hydrogens (tertiary/aromatic N) is 2. The second-order valence-corrected chi connectivity index (χ2v) is 3.29. The Bertz CT molecular complexity index is 588.